The summed E-state index contributed by atoms with van der Waals surface area (Å²) in [6.07, 6.45) is 3.72. The number of hydrogen-bond donors (Lipinski definition) is 1. The molecule has 1 heterocycles. The van der Waals surface area contributed by atoms with Crippen LogP contribution in [0.2, 0.25) is 0 Å². The van der Waals surface area contributed by atoms with Crippen molar-refractivity contribution in [3.05, 3.63) is 51.8 Å². The molecule has 1 aromatic heterocycles. The third kappa shape index (κ3) is 3.38. The molecule has 114 valence electrons. The first-order chi connectivity index (χ1) is 10.0. The number of nitrogens with two attached hydrogens (primary N) is 1. The average molecular weight is 350 g/mol. The fourth-order valence-electron chi connectivity index (χ4n) is 2.86. The molecule has 0 aliphatic rings. The van der Waals surface area contributed by atoms with Gasteiger partial charge in [0.2, 0.25) is 0 Å². The summed E-state index contributed by atoms with van der Waals surface area (Å²) in [5.41, 5.74) is 9.90. The van der Waals surface area contributed by atoms with Gasteiger partial charge in [-0.3, -0.25) is 4.68 Å². The van der Waals surface area contributed by atoms with Crippen molar-refractivity contribution in [3.8, 4) is 0 Å². The summed E-state index contributed by atoms with van der Waals surface area (Å²) in [5, 5.41) is 4.58. The van der Waals surface area contributed by atoms with E-state index in [1.165, 1.54) is 11.3 Å². The van der Waals surface area contributed by atoms with E-state index >= 15 is 0 Å². The van der Waals surface area contributed by atoms with Crippen LogP contribution in [0, 0.1) is 0 Å². The van der Waals surface area contributed by atoms with E-state index in [0.717, 1.165) is 35.8 Å². The molecule has 0 aliphatic heterocycles. The monoisotopic (exact) mass is 349 g/mol. The molecule has 4 heteroatoms. The van der Waals surface area contributed by atoms with Crippen LogP contribution in [0.3, 0.4) is 0 Å². The first kappa shape index (κ1) is 16.2. The first-order valence-electron chi connectivity index (χ1n) is 7.56. The number of rotatable bonds is 6. The Morgan fingerprint density at radius 3 is 2.43 bits per heavy atom. The lowest BCUT2D eigenvalue weighted by Crippen LogP contribution is -2.39. The average Bonchev–Trinajstić information content (AvgIpc) is 2.76. The van der Waals surface area contributed by atoms with Crippen LogP contribution in [-0.2, 0) is 25.4 Å². The second-order valence-electron chi connectivity index (χ2n) is 5.63. The van der Waals surface area contributed by atoms with Crippen molar-refractivity contribution in [1.29, 1.82) is 0 Å². The minimum absolute atomic E-state index is 0.350. The van der Waals surface area contributed by atoms with E-state index < -0.39 is 0 Å². The number of aromatic nitrogens is 2. The van der Waals surface area contributed by atoms with Gasteiger partial charge in [-0.15, -0.1) is 0 Å². The highest BCUT2D eigenvalue weighted by atomic mass is 79.9. The van der Waals surface area contributed by atoms with Crippen LogP contribution in [0.4, 0.5) is 0 Å². The van der Waals surface area contributed by atoms with Gasteiger partial charge in [-0.25, -0.2) is 0 Å². The molecule has 1 atom stereocenters. The molecule has 2 aromatic rings. The van der Waals surface area contributed by atoms with Crippen LogP contribution in [0.5, 0.6) is 0 Å². The van der Waals surface area contributed by atoms with E-state index in [1.807, 2.05) is 17.8 Å². The molecule has 3 nitrogen and oxygen atoms in total. The van der Waals surface area contributed by atoms with Gasteiger partial charge in [0.15, 0.2) is 0 Å². The predicted octanol–water partition coefficient (Wildman–Crippen LogP) is 3.94. The van der Waals surface area contributed by atoms with Crippen LogP contribution >= 0.6 is 15.9 Å². The molecule has 0 amide bonds. The largest absolute Gasteiger partial charge is 0.321 e. The molecule has 0 fully saturated rings. The highest BCUT2D eigenvalue weighted by molar-refractivity contribution is 9.10. The molecule has 0 aliphatic carbocycles. The summed E-state index contributed by atoms with van der Waals surface area (Å²) < 4.78 is 3.07. The van der Waals surface area contributed by atoms with Gasteiger partial charge in [0.1, 0.15) is 0 Å². The predicted molar refractivity (Wildman–Crippen MR) is 91.2 cm³/mol. The summed E-state index contributed by atoms with van der Waals surface area (Å²) in [5.74, 6) is 0. The Morgan fingerprint density at radius 1 is 1.24 bits per heavy atom. The van der Waals surface area contributed by atoms with Gasteiger partial charge in [0, 0.05) is 19.0 Å². The fourth-order valence-corrected chi connectivity index (χ4v) is 3.62. The van der Waals surface area contributed by atoms with E-state index in [4.69, 9.17) is 5.73 Å². The Bertz CT molecular complexity index is 592. The summed E-state index contributed by atoms with van der Waals surface area (Å²) in [7, 11) is 2.00. The second kappa shape index (κ2) is 6.75. The third-order valence-corrected chi connectivity index (χ3v) is 4.95. The van der Waals surface area contributed by atoms with E-state index in [-0.39, 0.29) is 5.54 Å². The Kier molecular flexibility index (Phi) is 5.22. The summed E-state index contributed by atoms with van der Waals surface area (Å²) >= 11 is 3.70. The molecule has 0 spiro atoms. The zero-order valence-electron chi connectivity index (χ0n) is 13.1. The van der Waals surface area contributed by atoms with E-state index in [2.05, 4.69) is 59.1 Å². The molecular formula is C17H24BrN3. The Morgan fingerprint density at radius 2 is 1.90 bits per heavy atom. The van der Waals surface area contributed by atoms with Gasteiger partial charge in [-0.05, 0) is 34.3 Å². The quantitative estimate of drug-likeness (QED) is 0.858. The maximum absolute atomic E-state index is 6.79. The lowest BCUT2D eigenvalue weighted by molar-refractivity contribution is 0.389. The van der Waals surface area contributed by atoms with E-state index in [1.54, 1.807) is 0 Å². The van der Waals surface area contributed by atoms with Crippen molar-refractivity contribution < 1.29 is 0 Å². The van der Waals surface area contributed by atoms with Crippen molar-refractivity contribution >= 4 is 15.9 Å². The van der Waals surface area contributed by atoms with Crippen molar-refractivity contribution in [1.82, 2.24) is 9.78 Å². The zero-order chi connectivity index (χ0) is 15.5. The Hall–Kier alpha value is -1.13. The smallest absolute Gasteiger partial charge is 0.0766 e. The highest BCUT2D eigenvalue weighted by Gasteiger charge is 2.29. The highest BCUT2D eigenvalue weighted by Crippen LogP contribution is 2.32. The molecule has 0 saturated carbocycles. The van der Waals surface area contributed by atoms with Crippen molar-refractivity contribution in [2.24, 2.45) is 12.8 Å². The number of hydrogen-bond acceptors (Lipinski definition) is 2. The summed E-state index contributed by atoms with van der Waals surface area (Å²) in [4.78, 5) is 0. The molecule has 0 saturated heterocycles. The van der Waals surface area contributed by atoms with Crippen LogP contribution in [0.1, 0.15) is 43.6 Å². The minimum atomic E-state index is -0.350. The summed E-state index contributed by atoms with van der Waals surface area (Å²) in [6.45, 7) is 4.30. The number of aryl methyl sites for hydroxylation is 2. The van der Waals surface area contributed by atoms with E-state index in [0.29, 0.717) is 0 Å². The van der Waals surface area contributed by atoms with Gasteiger partial charge in [0.05, 0.1) is 15.9 Å². The van der Waals surface area contributed by atoms with Crippen molar-refractivity contribution in [3.63, 3.8) is 0 Å². The fraction of sp³-hybridized carbons (Fsp3) is 0.471. The van der Waals surface area contributed by atoms with Crippen LogP contribution in [-0.4, -0.2) is 9.78 Å². The standard InChI is InChI=1S/C17H24BrN3/c1-4-11-17(19,13-9-7-6-8-10-13)12-15-16(18)14(5-2)20-21(15)3/h6-10H,4-5,11-12,19H2,1-3H3. The zero-order valence-corrected chi connectivity index (χ0v) is 14.7. The van der Waals surface area contributed by atoms with Crippen molar-refractivity contribution in [2.75, 3.05) is 0 Å². The van der Waals surface area contributed by atoms with Gasteiger partial charge in [-0.1, -0.05) is 50.6 Å². The molecule has 1 aromatic carbocycles. The van der Waals surface area contributed by atoms with Gasteiger partial charge < -0.3 is 5.73 Å². The SMILES string of the molecule is CCCC(N)(Cc1c(Br)c(CC)nn1C)c1ccccc1. The lowest BCUT2D eigenvalue weighted by atomic mass is 9.82. The van der Waals surface area contributed by atoms with Crippen LogP contribution in [0.15, 0.2) is 34.8 Å². The summed E-state index contributed by atoms with van der Waals surface area (Å²) in [6, 6.07) is 10.4. The molecule has 1 unspecified atom stereocenters. The lowest BCUT2D eigenvalue weighted by Gasteiger charge is -2.30. The molecular weight excluding hydrogens is 326 g/mol. The maximum Gasteiger partial charge on any atom is 0.0766 e. The number of nitrogens with zero attached hydrogens (tertiary/aromatic N) is 2. The van der Waals surface area contributed by atoms with Crippen LogP contribution < -0.4 is 5.73 Å². The Labute approximate surface area is 135 Å². The van der Waals surface area contributed by atoms with E-state index in [9.17, 15) is 0 Å². The topological polar surface area (TPSA) is 43.8 Å². The molecule has 0 bridgehead atoms. The molecule has 21 heavy (non-hydrogen) atoms. The second-order valence-corrected chi connectivity index (χ2v) is 6.43. The van der Waals surface area contributed by atoms with Gasteiger partial charge in [-0.2, -0.15) is 5.10 Å². The first-order valence-corrected chi connectivity index (χ1v) is 8.35. The Balaban J connectivity index is 2.39. The number of halogens is 1. The minimum Gasteiger partial charge on any atom is -0.321 e. The van der Waals surface area contributed by atoms with Crippen LogP contribution in [0.25, 0.3) is 0 Å². The number of benzene rings is 1. The molecule has 0 radical (unpaired) electrons. The third-order valence-electron chi connectivity index (χ3n) is 4.03. The van der Waals surface area contributed by atoms with Crippen molar-refractivity contribution in [2.45, 2.75) is 45.1 Å². The molecule has 2 N–H and O–H groups in total. The normalized spacial score (nSPS) is 14.1. The van der Waals surface area contributed by atoms with Gasteiger partial charge >= 0.3 is 0 Å². The molecule has 2 rings (SSSR count). The maximum atomic E-state index is 6.79. The van der Waals surface area contributed by atoms with Gasteiger partial charge in [0.25, 0.3) is 0 Å².